The molecule has 0 aromatic heterocycles. The first-order valence-electron chi connectivity index (χ1n) is 9.24. The molecule has 2 bridgehead atoms. The van der Waals surface area contributed by atoms with Gasteiger partial charge in [0.15, 0.2) is 0 Å². The van der Waals surface area contributed by atoms with Crippen molar-refractivity contribution in [2.75, 3.05) is 6.61 Å². The molecule has 0 heterocycles. The minimum atomic E-state index is 0.310. The van der Waals surface area contributed by atoms with E-state index in [1.54, 1.807) is 0 Å². The molecule has 4 aliphatic rings. The van der Waals surface area contributed by atoms with E-state index in [0.717, 1.165) is 11.8 Å². The Bertz CT molecular complexity index is 476. The average Bonchev–Trinajstić information content (AvgIpc) is 2.68. The SMILES string of the molecule is CC1(C)CCC[C@]2(C)[C@@H]1CCC13C=C(CO)[C@@H](CC[C@H]12)C3. The lowest BCUT2D eigenvalue weighted by atomic mass is 9.41. The number of hydrogen-bond donors (Lipinski definition) is 1. The van der Waals surface area contributed by atoms with Crippen LogP contribution in [0.1, 0.15) is 72.1 Å². The first-order valence-corrected chi connectivity index (χ1v) is 9.24. The number of fused-ring (bicyclic) bond motifs is 3. The van der Waals surface area contributed by atoms with Crippen LogP contribution in [-0.4, -0.2) is 11.7 Å². The van der Waals surface area contributed by atoms with Crippen LogP contribution >= 0.6 is 0 Å². The molecule has 1 heteroatoms. The fraction of sp³-hybridized carbons (Fsp3) is 0.900. The lowest BCUT2D eigenvalue weighted by Crippen LogP contribution is -2.55. The average molecular weight is 288 g/mol. The van der Waals surface area contributed by atoms with E-state index >= 15 is 0 Å². The Balaban J connectivity index is 1.74. The van der Waals surface area contributed by atoms with Gasteiger partial charge in [0.05, 0.1) is 6.61 Å². The Labute approximate surface area is 130 Å². The van der Waals surface area contributed by atoms with Gasteiger partial charge < -0.3 is 5.11 Å². The van der Waals surface area contributed by atoms with Crippen molar-refractivity contribution in [3.05, 3.63) is 11.6 Å². The molecule has 4 aliphatic carbocycles. The van der Waals surface area contributed by atoms with Gasteiger partial charge >= 0.3 is 0 Å². The van der Waals surface area contributed by atoms with Gasteiger partial charge in [-0.15, -0.1) is 0 Å². The summed E-state index contributed by atoms with van der Waals surface area (Å²) in [6.45, 7) is 8.00. The number of aliphatic hydroxyl groups excluding tert-OH is 1. The first kappa shape index (κ1) is 14.3. The van der Waals surface area contributed by atoms with Crippen LogP contribution in [0.3, 0.4) is 0 Å². The summed E-state index contributed by atoms with van der Waals surface area (Å²) < 4.78 is 0. The monoisotopic (exact) mass is 288 g/mol. The molecule has 0 aromatic carbocycles. The zero-order valence-corrected chi connectivity index (χ0v) is 14.1. The number of aliphatic hydroxyl groups is 1. The van der Waals surface area contributed by atoms with Crippen LogP contribution in [0.5, 0.6) is 0 Å². The lowest BCUT2D eigenvalue weighted by Gasteiger charge is -2.63. The molecule has 3 saturated carbocycles. The molecule has 1 unspecified atom stereocenters. The summed E-state index contributed by atoms with van der Waals surface area (Å²) in [5.41, 5.74) is 2.93. The van der Waals surface area contributed by atoms with Gasteiger partial charge in [-0.05, 0) is 84.5 Å². The van der Waals surface area contributed by atoms with Crippen LogP contribution in [0.2, 0.25) is 0 Å². The van der Waals surface area contributed by atoms with Crippen LogP contribution in [0, 0.1) is 34.0 Å². The molecule has 118 valence electrons. The smallest absolute Gasteiger partial charge is 0.0644 e. The molecule has 0 aliphatic heterocycles. The van der Waals surface area contributed by atoms with Crippen LogP contribution in [0.4, 0.5) is 0 Å². The Morgan fingerprint density at radius 3 is 2.62 bits per heavy atom. The van der Waals surface area contributed by atoms with Crippen LogP contribution < -0.4 is 0 Å². The van der Waals surface area contributed by atoms with Crippen LogP contribution in [0.15, 0.2) is 11.6 Å². The van der Waals surface area contributed by atoms with Gasteiger partial charge in [0.1, 0.15) is 0 Å². The van der Waals surface area contributed by atoms with E-state index < -0.39 is 0 Å². The summed E-state index contributed by atoms with van der Waals surface area (Å²) in [6, 6.07) is 0. The fourth-order valence-electron chi connectivity index (χ4n) is 7.55. The molecule has 1 nitrogen and oxygen atoms in total. The summed E-state index contributed by atoms with van der Waals surface area (Å²) in [4.78, 5) is 0. The first-order chi connectivity index (χ1) is 9.91. The predicted octanol–water partition coefficient (Wildman–Crippen LogP) is 4.95. The highest BCUT2D eigenvalue weighted by Gasteiger charge is 2.61. The zero-order chi connectivity index (χ0) is 14.9. The minimum Gasteiger partial charge on any atom is -0.392 e. The van der Waals surface area contributed by atoms with Crippen LogP contribution in [-0.2, 0) is 0 Å². The second-order valence-electron chi connectivity index (χ2n) is 9.58. The molecule has 4 rings (SSSR count). The molecular formula is C20H32O. The highest BCUT2D eigenvalue weighted by Crippen LogP contribution is 2.70. The van der Waals surface area contributed by atoms with Crippen molar-refractivity contribution in [1.29, 1.82) is 0 Å². The largest absolute Gasteiger partial charge is 0.392 e. The van der Waals surface area contributed by atoms with Crippen molar-refractivity contribution >= 4 is 0 Å². The van der Waals surface area contributed by atoms with Gasteiger partial charge in [0.2, 0.25) is 0 Å². The summed E-state index contributed by atoms with van der Waals surface area (Å²) in [5.74, 6) is 2.50. The summed E-state index contributed by atoms with van der Waals surface area (Å²) in [5, 5.41) is 9.71. The third-order valence-corrected chi connectivity index (χ3v) is 8.27. The topological polar surface area (TPSA) is 20.2 Å². The number of hydrogen-bond acceptors (Lipinski definition) is 1. The molecule has 1 N–H and O–H groups in total. The molecule has 5 atom stereocenters. The van der Waals surface area contributed by atoms with Crippen molar-refractivity contribution in [2.24, 2.45) is 34.0 Å². The molecule has 0 amide bonds. The van der Waals surface area contributed by atoms with E-state index in [9.17, 15) is 5.11 Å². The van der Waals surface area contributed by atoms with Crippen molar-refractivity contribution in [2.45, 2.75) is 72.1 Å². The Morgan fingerprint density at radius 2 is 1.86 bits per heavy atom. The third-order valence-electron chi connectivity index (χ3n) is 8.27. The molecule has 0 radical (unpaired) electrons. The molecule has 0 saturated heterocycles. The van der Waals surface area contributed by atoms with Gasteiger partial charge in [-0.1, -0.05) is 33.3 Å². The molecule has 0 aromatic rings. The molecular weight excluding hydrogens is 256 g/mol. The fourth-order valence-corrected chi connectivity index (χ4v) is 7.55. The lowest BCUT2D eigenvalue weighted by molar-refractivity contribution is -0.133. The van der Waals surface area contributed by atoms with Crippen molar-refractivity contribution in [1.82, 2.24) is 0 Å². The molecule has 21 heavy (non-hydrogen) atoms. The van der Waals surface area contributed by atoms with E-state index in [1.807, 2.05) is 0 Å². The second kappa shape index (κ2) is 4.37. The van der Waals surface area contributed by atoms with E-state index in [0.29, 0.717) is 28.8 Å². The van der Waals surface area contributed by atoms with Crippen molar-refractivity contribution in [3.63, 3.8) is 0 Å². The van der Waals surface area contributed by atoms with Crippen molar-refractivity contribution < 1.29 is 5.11 Å². The highest BCUT2D eigenvalue weighted by molar-refractivity contribution is 5.28. The standard InChI is InChI=1S/C20H32O/c1-18(2)8-4-9-19(3)16(18)7-10-20-11-14(5-6-17(19)20)15(12-20)13-21/h12,14,16-17,21H,4-11,13H2,1-3H3/t14-,16+,17-,19+,20?/m0/s1. The van der Waals surface area contributed by atoms with Gasteiger partial charge in [-0.3, -0.25) is 0 Å². The Hall–Kier alpha value is -0.300. The van der Waals surface area contributed by atoms with E-state index in [2.05, 4.69) is 26.8 Å². The zero-order valence-electron chi connectivity index (χ0n) is 14.1. The maximum Gasteiger partial charge on any atom is 0.0644 e. The maximum atomic E-state index is 9.71. The Kier molecular flexibility index (Phi) is 2.98. The van der Waals surface area contributed by atoms with Gasteiger partial charge in [-0.25, -0.2) is 0 Å². The molecule has 1 spiro atoms. The summed E-state index contributed by atoms with van der Waals surface area (Å²) in [6.07, 6.45) is 13.8. The Morgan fingerprint density at radius 1 is 1.05 bits per heavy atom. The quantitative estimate of drug-likeness (QED) is 0.677. The minimum absolute atomic E-state index is 0.310. The summed E-state index contributed by atoms with van der Waals surface area (Å²) in [7, 11) is 0. The molecule has 3 fully saturated rings. The number of allylic oxidation sites excluding steroid dienone is 1. The predicted molar refractivity (Wildman–Crippen MR) is 86.9 cm³/mol. The second-order valence-corrected chi connectivity index (χ2v) is 9.58. The van der Waals surface area contributed by atoms with Crippen molar-refractivity contribution in [3.8, 4) is 0 Å². The van der Waals surface area contributed by atoms with E-state index in [4.69, 9.17) is 0 Å². The third kappa shape index (κ3) is 1.79. The van der Waals surface area contributed by atoms with Gasteiger partial charge in [0, 0.05) is 0 Å². The number of rotatable bonds is 1. The maximum absolute atomic E-state index is 9.71. The van der Waals surface area contributed by atoms with Gasteiger partial charge in [0.25, 0.3) is 0 Å². The highest BCUT2D eigenvalue weighted by atomic mass is 16.3. The van der Waals surface area contributed by atoms with E-state index in [1.165, 1.54) is 56.9 Å². The van der Waals surface area contributed by atoms with Gasteiger partial charge in [-0.2, -0.15) is 0 Å². The van der Waals surface area contributed by atoms with Crippen LogP contribution in [0.25, 0.3) is 0 Å². The normalized spacial score (nSPS) is 51.0. The van der Waals surface area contributed by atoms with E-state index in [-0.39, 0.29) is 0 Å². The summed E-state index contributed by atoms with van der Waals surface area (Å²) >= 11 is 0.